The van der Waals surface area contributed by atoms with Crippen LogP contribution >= 0.6 is 0 Å². The molecule has 0 radical (unpaired) electrons. The number of hydrogen-bond acceptors (Lipinski definition) is 2. The van der Waals surface area contributed by atoms with Crippen LogP contribution in [0.3, 0.4) is 0 Å². The van der Waals surface area contributed by atoms with Gasteiger partial charge in [0.1, 0.15) is 0 Å². The molecule has 4 heterocycles. The van der Waals surface area contributed by atoms with E-state index in [0.717, 1.165) is 0 Å². The quantitative estimate of drug-likeness (QED) is 0.161. The summed E-state index contributed by atoms with van der Waals surface area (Å²) in [6.07, 6.45) is 0. The Morgan fingerprint density at radius 1 is 0.355 bits per heavy atom. The largest absolute Gasteiger partial charge is 0.311 e. The van der Waals surface area contributed by atoms with E-state index >= 15 is 0 Å². The summed E-state index contributed by atoms with van der Waals surface area (Å²) < 4.78 is 2.55. The summed E-state index contributed by atoms with van der Waals surface area (Å²) in [6.45, 7) is 28.2. The van der Waals surface area contributed by atoms with Gasteiger partial charge in [-0.25, -0.2) is 0 Å². The maximum Gasteiger partial charge on any atom is 0.252 e. The summed E-state index contributed by atoms with van der Waals surface area (Å²) >= 11 is 0. The minimum Gasteiger partial charge on any atom is -0.311 e. The number of para-hydroxylation sites is 3. The molecule has 3 nitrogen and oxygen atoms in total. The van der Waals surface area contributed by atoms with Crippen molar-refractivity contribution in [1.29, 1.82) is 0 Å². The summed E-state index contributed by atoms with van der Waals surface area (Å²) in [6, 6.07) is 52.0. The van der Waals surface area contributed by atoms with Gasteiger partial charge in [-0.05, 0) is 121 Å². The first kappa shape index (κ1) is 38.9. The Balaban J connectivity index is 1.28. The molecule has 2 aromatic heterocycles. The topological polar surface area (TPSA) is 10.9 Å². The Labute approximate surface area is 368 Å². The fraction of sp³-hybridized carbons (Fsp3) is 0.276. The lowest BCUT2D eigenvalue weighted by molar-refractivity contribution is 0.568. The molecule has 0 N–H and O–H groups in total. The second kappa shape index (κ2) is 12.8. The van der Waals surface area contributed by atoms with Gasteiger partial charge < -0.3 is 14.2 Å². The van der Waals surface area contributed by atoms with Crippen LogP contribution in [-0.4, -0.2) is 11.1 Å². The van der Waals surface area contributed by atoms with Crippen LogP contribution in [0.25, 0.3) is 38.1 Å². The first-order chi connectivity index (χ1) is 29.3. The van der Waals surface area contributed by atoms with E-state index in [-0.39, 0.29) is 28.4 Å². The molecule has 0 atom stereocenters. The highest BCUT2D eigenvalue weighted by Crippen LogP contribution is 2.49. The predicted octanol–water partition coefficient (Wildman–Crippen LogP) is 14.1. The van der Waals surface area contributed by atoms with Crippen LogP contribution in [0.5, 0.6) is 0 Å². The molecule has 0 amide bonds. The van der Waals surface area contributed by atoms with Crippen molar-refractivity contribution in [3.05, 3.63) is 156 Å². The summed E-state index contributed by atoms with van der Waals surface area (Å²) in [5, 5.41) is 5.22. The van der Waals surface area contributed by atoms with Crippen molar-refractivity contribution in [2.75, 3.05) is 9.80 Å². The minimum atomic E-state index is -0.0377. The highest BCUT2D eigenvalue weighted by atomic mass is 15.2. The molecular formula is C58H58BN3. The summed E-state index contributed by atoms with van der Waals surface area (Å²) in [5.41, 5.74) is 20.6. The second-order valence-corrected chi connectivity index (χ2v) is 22.4. The van der Waals surface area contributed by atoms with Crippen molar-refractivity contribution in [1.82, 2.24) is 4.40 Å². The van der Waals surface area contributed by atoms with Crippen molar-refractivity contribution in [3.63, 3.8) is 0 Å². The van der Waals surface area contributed by atoms with E-state index in [1.807, 2.05) is 0 Å². The molecule has 0 aliphatic carbocycles. The van der Waals surface area contributed by atoms with Crippen LogP contribution in [0, 0.1) is 0 Å². The van der Waals surface area contributed by atoms with Gasteiger partial charge in [0.2, 0.25) is 0 Å². The third-order valence-corrected chi connectivity index (χ3v) is 14.1. The average molecular weight is 808 g/mol. The lowest BCUT2D eigenvalue weighted by Gasteiger charge is -2.44. The molecule has 0 unspecified atom stereocenters. The lowest BCUT2D eigenvalue weighted by Crippen LogP contribution is -2.61. The van der Waals surface area contributed by atoms with E-state index in [1.165, 1.54) is 111 Å². The molecule has 2 aliphatic heterocycles. The molecule has 9 aromatic rings. The first-order valence-electron chi connectivity index (χ1n) is 22.6. The standard InChI is InChI=1S/C58H58BN3/c1-55(2,3)35-27-36(56(4,5)6)30-39(29-35)60-48-24-16-14-22-45(48)59-46-34-51-44(43-21-17-20-42-41-19-13-15-23-47(41)62(51)54(42)43)33-52(46)61(50-26-18-25-49(60)53(50)59)40-31-37(57(7,8)9)28-38(32-40)58(10,11)12/h13-34H,1-12H3. The van der Waals surface area contributed by atoms with E-state index in [2.05, 4.69) is 231 Å². The number of rotatable bonds is 2. The highest BCUT2D eigenvalue weighted by molar-refractivity contribution is 7.00. The van der Waals surface area contributed by atoms with Gasteiger partial charge in [-0.2, -0.15) is 0 Å². The molecule has 2 aliphatic rings. The number of anilines is 6. The zero-order chi connectivity index (χ0) is 43.4. The van der Waals surface area contributed by atoms with E-state index in [1.54, 1.807) is 0 Å². The molecule has 0 fully saturated rings. The SMILES string of the molecule is CC(C)(C)c1cc(N2c3ccccc3B3c4cc5c(cc4N(c4cc(C(C)(C)C)cc(C(C)(C)C)c4)c4cccc2c43)c2cccc3c4ccccc4n5c32)cc(C(C)(C)C)c1. The molecule has 0 bridgehead atoms. The van der Waals surface area contributed by atoms with Gasteiger partial charge in [0.15, 0.2) is 0 Å². The minimum absolute atomic E-state index is 0.0193. The second-order valence-electron chi connectivity index (χ2n) is 22.4. The van der Waals surface area contributed by atoms with Crippen LogP contribution < -0.4 is 26.2 Å². The van der Waals surface area contributed by atoms with Crippen LogP contribution in [0.15, 0.2) is 133 Å². The maximum absolute atomic E-state index is 2.62. The van der Waals surface area contributed by atoms with Crippen LogP contribution in [0.2, 0.25) is 0 Å². The fourth-order valence-electron chi connectivity index (χ4n) is 10.6. The monoisotopic (exact) mass is 807 g/mol. The predicted molar refractivity (Wildman–Crippen MR) is 270 cm³/mol. The molecule has 62 heavy (non-hydrogen) atoms. The van der Waals surface area contributed by atoms with Crippen LogP contribution in [0.1, 0.15) is 105 Å². The Morgan fingerprint density at radius 3 is 1.37 bits per heavy atom. The van der Waals surface area contributed by atoms with E-state index in [4.69, 9.17) is 0 Å². The fourth-order valence-corrected chi connectivity index (χ4v) is 10.6. The normalized spacial score (nSPS) is 14.4. The van der Waals surface area contributed by atoms with Crippen molar-refractivity contribution < 1.29 is 0 Å². The highest BCUT2D eigenvalue weighted by Gasteiger charge is 2.44. The van der Waals surface area contributed by atoms with Crippen molar-refractivity contribution >= 4 is 95.3 Å². The van der Waals surface area contributed by atoms with Gasteiger partial charge in [-0.1, -0.05) is 156 Å². The third kappa shape index (κ3) is 5.64. The van der Waals surface area contributed by atoms with E-state index in [9.17, 15) is 0 Å². The lowest BCUT2D eigenvalue weighted by atomic mass is 9.33. The van der Waals surface area contributed by atoms with Crippen LogP contribution in [0.4, 0.5) is 34.1 Å². The first-order valence-corrected chi connectivity index (χ1v) is 22.6. The molecule has 11 rings (SSSR count). The zero-order valence-electron chi connectivity index (χ0n) is 38.6. The summed E-state index contributed by atoms with van der Waals surface area (Å²) in [7, 11) is 0. The van der Waals surface area contributed by atoms with Crippen molar-refractivity contribution in [3.8, 4) is 0 Å². The third-order valence-electron chi connectivity index (χ3n) is 14.1. The Morgan fingerprint density at radius 2 is 0.806 bits per heavy atom. The number of benzene rings is 7. The summed E-state index contributed by atoms with van der Waals surface area (Å²) in [4.78, 5) is 5.20. The van der Waals surface area contributed by atoms with Gasteiger partial charge in [-0.3, -0.25) is 0 Å². The maximum atomic E-state index is 2.62. The van der Waals surface area contributed by atoms with Crippen molar-refractivity contribution in [2.45, 2.75) is 105 Å². The number of fused-ring (bicyclic) bond motifs is 10. The molecule has 4 heteroatoms. The van der Waals surface area contributed by atoms with Gasteiger partial charge in [0, 0.05) is 55.7 Å². The number of aromatic nitrogens is 1. The molecule has 308 valence electrons. The smallest absolute Gasteiger partial charge is 0.252 e. The summed E-state index contributed by atoms with van der Waals surface area (Å²) in [5.74, 6) is 0. The number of nitrogens with zero attached hydrogens (tertiary/aromatic N) is 3. The molecular weight excluding hydrogens is 749 g/mol. The Bertz CT molecular complexity index is 3240. The van der Waals surface area contributed by atoms with Gasteiger partial charge in [0.05, 0.1) is 16.6 Å². The zero-order valence-corrected chi connectivity index (χ0v) is 38.6. The molecule has 0 spiro atoms. The van der Waals surface area contributed by atoms with Gasteiger partial charge >= 0.3 is 0 Å². The molecule has 0 saturated carbocycles. The number of hydrogen-bond donors (Lipinski definition) is 0. The van der Waals surface area contributed by atoms with Gasteiger partial charge in [0.25, 0.3) is 6.71 Å². The van der Waals surface area contributed by atoms with E-state index in [0.29, 0.717) is 0 Å². The van der Waals surface area contributed by atoms with Crippen molar-refractivity contribution in [2.24, 2.45) is 0 Å². The van der Waals surface area contributed by atoms with Gasteiger partial charge in [-0.15, -0.1) is 0 Å². The van der Waals surface area contributed by atoms with Crippen LogP contribution in [-0.2, 0) is 21.7 Å². The molecule has 7 aromatic carbocycles. The molecule has 0 saturated heterocycles. The Hall–Kier alpha value is -6.00. The van der Waals surface area contributed by atoms with E-state index < -0.39 is 0 Å². The Kier molecular flexibility index (Phi) is 8.02. The average Bonchev–Trinajstić information content (AvgIpc) is 3.73.